The smallest absolute Gasteiger partial charge is 0.341 e. The SMILES string of the molecule is Cc1cc(N2CC(C(=O)NCCC3CCCO3)C2)nc2c1c(=O)c(C(=O)O)cn2-c1nccs1. The van der Waals surface area contributed by atoms with Gasteiger partial charge in [0.2, 0.25) is 11.3 Å². The number of carbonyl (C=O) groups excluding carboxylic acids is 1. The lowest BCUT2D eigenvalue weighted by atomic mass is 9.98. The van der Waals surface area contributed by atoms with Crippen molar-refractivity contribution in [2.75, 3.05) is 31.1 Å². The molecule has 11 heteroatoms. The second kappa shape index (κ2) is 9.15. The Morgan fingerprint density at radius 2 is 2.18 bits per heavy atom. The van der Waals surface area contributed by atoms with Crippen LogP contribution in [0.15, 0.2) is 28.6 Å². The molecule has 178 valence electrons. The van der Waals surface area contributed by atoms with Gasteiger partial charge in [-0.3, -0.25) is 14.2 Å². The molecule has 0 spiro atoms. The van der Waals surface area contributed by atoms with Gasteiger partial charge >= 0.3 is 5.97 Å². The van der Waals surface area contributed by atoms with Gasteiger partial charge < -0.3 is 20.1 Å². The summed E-state index contributed by atoms with van der Waals surface area (Å²) >= 11 is 1.32. The number of aromatic carboxylic acids is 1. The molecule has 34 heavy (non-hydrogen) atoms. The fourth-order valence-corrected chi connectivity index (χ4v) is 5.09. The average molecular weight is 484 g/mol. The molecule has 1 unspecified atom stereocenters. The molecule has 2 fully saturated rings. The number of carboxylic acids is 1. The third kappa shape index (κ3) is 4.16. The summed E-state index contributed by atoms with van der Waals surface area (Å²) in [5.74, 6) is -0.756. The van der Waals surface area contributed by atoms with E-state index in [1.165, 1.54) is 17.5 Å². The molecule has 1 amide bonds. The van der Waals surface area contributed by atoms with Crippen molar-refractivity contribution in [3.63, 3.8) is 0 Å². The Kier molecular flexibility index (Phi) is 6.05. The molecule has 5 rings (SSSR count). The van der Waals surface area contributed by atoms with Crippen LogP contribution < -0.4 is 15.6 Å². The molecule has 2 N–H and O–H groups in total. The van der Waals surface area contributed by atoms with Gasteiger partial charge in [0.15, 0.2) is 10.8 Å². The minimum atomic E-state index is -1.29. The highest BCUT2D eigenvalue weighted by atomic mass is 32.1. The first-order chi connectivity index (χ1) is 16.4. The highest BCUT2D eigenvalue weighted by Crippen LogP contribution is 2.28. The van der Waals surface area contributed by atoms with Crippen LogP contribution in [-0.4, -0.2) is 63.9 Å². The summed E-state index contributed by atoms with van der Waals surface area (Å²) in [6.07, 6.45) is 6.11. The lowest BCUT2D eigenvalue weighted by Crippen LogP contribution is -2.54. The lowest BCUT2D eigenvalue weighted by Gasteiger charge is -2.39. The molecule has 2 aliphatic heterocycles. The molecule has 0 radical (unpaired) electrons. The van der Waals surface area contributed by atoms with Crippen LogP contribution in [0.25, 0.3) is 16.2 Å². The van der Waals surface area contributed by atoms with E-state index in [9.17, 15) is 19.5 Å². The molecule has 1 atom stereocenters. The zero-order valence-electron chi connectivity index (χ0n) is 18.7. The van der Waals surface area contributed by atoms with Gasteiger partial charge in [0, 0.05) is 44.0 Å². The number of pyridine rings is 2. The number of amides is 1. The number of nitrogens with one attached hydrogen (secondary N) is 1. The number of ether oxygens (including phenoxy) is 1. The van der Waals surface area contributed by atoms with Gasteiger partial charge in [-0.15, -0.1) is 11.3 Å². The van der Waals surface area contributed by atoms with Crippen LogP contribution >= 0.6 is 11.3 Å². The number of carboxylic acid groups (broad SMARTS) is 1. The quantitative estimate of drug-likeness (QED) is 0.522. The molecular weight excluding hydrogens is 458 g/mol. The van der Waals surface area contributed by atoms with Gasteiger partial charge in [0.25, 0.3) is 0 Å². The van der Waals surface area contributed by atoms with E-state index in [0.717, 1.165) is 25.9 Å². The number of rotatable bonds is 7. The number of fused-ring (bicyclic) bond motifs is 1. The predicted molar refractivity (Wildman–Crippen MR) is 127 cm³/mol. The number of thiazole rings is 1. The summed E-state index contributed by atoms with van der Waals surface area (Å²) in [5, 5.41) is 15.1. The van der Waals surface area contributed by atoms with Crippen LogP contribution in [0.2, 0.25) is 0 Å². The standard InChI is InChI=1S/C23H25N5O5S/c1-13-9-17(27-10-14(11-27)21(30)24-5-4-15-3-2-7-33-15)26-20-18(13)19(29)16(22(31)32)12-28(20)23-25-6-8-34-23/h6,8-9,12,14-15H,2-5,7,10-11H2,1H3,(H,24,30)(H,31,32). The summed E-state index contributed by atoms with van der Waals surface area (Å²) in [4.78, 5) is 48.0. The number of aryl methyl sites for hydroxylation is 1. The lowest BCUT2D eigenvalue weighted by molar-refractivity contribution is -0.125. The highest BCUT2D eigenvalue weighted by molar-refractivity contribution is 7.12. The Labute approximate surface area is 199 Å². The van der Waals surface area contributed by atoms with Crippen LogP contribution in [0.1, 0.15) is 35.2 Å². The highest BCUT2D eigenvalue weighted by Gasteiger charge is 2.34. The molecule has 2 saturated heterocycles. The Hall–Kier alpha value is -3.31. The first-order valence-corrected chi connectivity index (χ1v) is 12.1. The van der Waals surface area contributed by atoms with E-state index in [4.69, 9.17) is 9.72 Å². The molecule has 2 aliphatic rings. The summed E-state index contributed by atoms with van der Waals surface area (Å²) in [5.41, 5.74) is 0.0790. The maximum absolute atomic E-state index is 12.9. The average Bonchev–Trinajstić information content (AvgIpc) is 3.47. The Morgan fingerprint density at radius 3 is 2.85 bits per heavy atom. The number of hydrogen-bond acceptors (Lipinski definition) is 8. The number of hydrogen-bond donors (Lipinski definition) is 2. The van der Waals surface area contributed by atoms with E-state index in [2.05, 4.69) is 10.3 Å². The minimum absolute atomic E-state index is 0.0255. The van der Waals surface area contributed by atoms with E-state index in [-0.39, 0.29) is 28.9 Å². The van der Waals surface area contributed by atoms with Crippen molar-refractivity contribution in [2.45, 2.75) is 32.3 Å². The van der Waals surface area contributed by atoms with Crippen molar-refractivity contribution in [3.05, 3.63) is 45.2 Å². The molecule has 10 nitrogen and oxygen atoms in total. The molecular formula is C23H25N5O5S. The number of nitrogens with zero attached hydrogens (tertiary/aromatic N) is 4. The van der Waals surface area contributed by atoms with Gasteiger partial charge in [-0.1, -0.05) is 0 Å². The largest absolute Gasteiger partial charge is 0.477 e. The van der Waals surface area contributed by atoms with Crippen molar-refractivity contribution in [2.24, 2.45) is 5.92 Å². The molecule has 0 aromatic carbocycles. The third-order valence-electron chi connectivity index (χ3n) is 6.36. The van der Waals surface area contributed by atoms with Crippen LogP contribution in [0, 0.1) is 12.8 Å². The van der Waals surface area contributed by atoms with Crippen LogP contribution in [0.3, 0.4) is 0 Å². The van der Waals surface area contributed by atoms with Crippen molar-refractivity contribution < 1.29 is 19.4 Å². The number of carbonyl (C=O) groups is 2. The summed E-state index contributed by atoms with van der Waals surface area (Å²) < 4.78 is 7.15. The number of aromatic nitrogens is 3. The molecule has 0 saturated carbocycles. The second-order valence-electron chi connectivity index (χ2n) is 8.67. The summed E-state index contributed by atoms with van der Waals surface area (Å²) in [6, 6.07) is 1.77. The normalized spacial score (nSPS) is 18.3. The Bertz CT molecular complexity index is 1290. The maximum atomic E-state index is 12.9. The van der Waals surface area contributed by atoms with Crippen molar-refractivity contribution >= 4 is 40.1 Å². The van der Waals surface area contributed by atoms with E-state index in [1.807, 2.05) is 4.90 Å². The summed E-state index contributed by atoms with van der Waals surface area (Å²) in [7, 11) is 0. The van der Waals surface area contributed by atoms with Gasteiger partial charge in [-0.05, 0) is 37.8 Å². The first-order valence-electron chi connectivity index (χ1n) is 11.3. The molecule has 0 bridgehead atoms. The second-order valence-corrected chi connectivity index (χ2v) is 9.55. The monoisotopic (exact) mass is 483 g/mol. The molecule has 5 heterocycles. The fraction of sp³-hybridized carbons (Fsp3) is 0.435. The molecule has 3 aromatic rings. The fourth-order valence-electron chi connectivity index (χ4n) is 4.48. The van der Waals surface area contributed by atoms with Crippen LogP contribution in [-0.2, 0) is 9.53 Å². The third-order valence-corrected chi connectivity index (χ3v) is 7.13. The van der Waals surface area contributed by atoms with Gasteiger partial charge in [0.1, 0.15) is 11.4 Å². The Balaban J connectivity index is 1.36. The topological polar surface area (TPSA) is 127 Å². The van der Waals surface area contributed by atoms with E-state index < -0.39 is 11.4 Å². The van der Waals surface area contributed by atoms with Crippen molar-refractivity contribution in [1.29, 1.82) is 0 Å². The van der Waals surface area contributed by atoms with E-state index in [0.29, 0.717) is 41.8 Å². The molecule has 3 aromatic heterocycles. The van der Waals surface area contributed by atoms with Crippen molar-refractivity contribution in [1.82, 2.24) is 19.9 Å². The minimum Gasteiger partial charge on any atom is -0.477 e. The summed E-state index contributed by atoms with van der Waals surface area (Å²) in [6.45, 7) is 4.24. The van der Waals surface area contributed by atoms with E-state index in [1.54, 1.807) is 29.1 Å². The molecule has 0 aliphatic carbocycles. The zero-order valence-corrected chi connectivity index (χ0v) is 19.5. The van der Waals surface area contributed by atoms with Gasteiger partial charge in [-0.25, -0.2) is 14.8 Å². The predicted octanol–water partition coefficient (Wildman–Crippen LogP) is 1.97. The van der Waals surface area contributed by atoms with Crippen LogP contribution in [0.4, 0.5) is 5.82 Å². The van der Waals surface area contributed by atoms with Crippen molar-refractivity contribution in [3.8, 4) is 5.13 Å². The van der Waals surface area contributed by atoms with Crippen LogP contribution in [0.5, 0.6) is 0 Å². The number of anilines is 1. The van der Waals surface area contributed by atoms with Gasteiger partial charge in [-0.2, -0.15) is 0 Å². The van der Waals surface area contributed by atoms with Gasteiger partial charge in [0.05, 0.1) is 17.4 Å². The zero-order chi connectivity index (χ0) is 23.8. The van der Waals surface area contributed by atoms with E-state index >= 15 is 0 Å². The first kappa shape index (κ1) is 22.5. The Morgan fingerprint density at radius 1 is 1.35 bits per heavy atom. The maximum Gasteiger partial charge on any atom is 0.341 e.